The van der Waals surface area contributed by atoms with Crippen molar-refractivity contribution >= 4 is 11.9 Å². The van der Waals surface area contributed by atoms with Crippen molar-refractivity contribution in [2.24, 2.45) is 0 Å². The first-order valence-corrected chi connectivity index (χ1v) is 4.30. The Morgan fingerprint density at radius 1 is 1.07 bits per heavy atom. The number of rotatable bonds is 4. The van der Waals surface area contributed by atoms with Crippen molar-refractivity contribution in [2.45, 2.75) is 39.2 Å². The van der Waals surface area contributed by atoms with Crippen LogP contribution in [0.4, 0.5) is 0 Å². The fourth-order valence-corrected chi connectivity index (χ4v) is 0.519. The molecule has 0 unspecified atom stereocenters. The van der Waals surface area contributed by atoms with E-state index in [1.54, 1.807) is 20.8 Å². The minimum Gasteiger partial charge on any atom is -0.469 e. The van der Waals surface area contributed by atoms with Crippen LogP contribution in [0, 0.1) is 0 Å². The van der Waals surface area contributed by atoms with Crippen molar-refractivity contribution in [1.82, 2.24) is 0 Å². The maximum atomic E-state index is 11.0. The van der Waals surface area contributed by atoms with E-state index in [-0.39, 0.29) is 12.8 Å². The second kappa shape index (κ2) is 5.59. The van der Waals surface area contributed by atoms with E-state index in [0.29, 0.717) is 0 Å². The highest BCUT2D eigenvalue weighted by Gasteiger charge is 2.16. The Balaban J connectivity index is 3.62. The molecule has 0 spiro atoms. The summed E-state index contributed by atoms with van der Waals surface area (Å²) in [6.45, 7) is 5.25. The zero-order valence-corrected chi connectivity index (χ0v) is 8.96. The Labute approximate surface area is 83.3 Å². The molecule has 5 heteroatoms. The van der Waals surface area contributed by atoms with E-state index in [2.05, 4.69) is 9.62 Å². The molecular formula is C9H16O5. The van der Waals surface area contributed by atoms with Crippen LogP contribution in [-0.4, -0.2) is 24.6 Å². The highest BCUT2D eigenvalue weighted by atomic mass is 17.2. The van der Waals surface area contributed by atoms with Crippen molar-refractivity contribution in [1.29, 1.82) is 0 Å². The van der Waals surface area contributed by atoms with Gasteiger partial charge < -0.3 is 4.74 Å². The smallest absolute Gasteiger partial charge is 0.342 e. The van der Waals surface area contributed by atoms with Crippen LogP contribution in [0.1, 0.15) is 33.6 Å². The molecule has 0 aromatic heterocycles. The SMILES string of the molecule is COC(=O)CCC(=O)OOC(C)(C)C. The molecule has 0 atom stereocenters. The fraction of sp³-hybridized carbons (Fsp3) is 0.778. The number of ether oxygens (including phenoxy) is 1. The minimum absolute atomic E-state index is 0.00281. The number of hydrogen-bond donors (Lipinski definition) is 0. The molecule has 0 fully saturated rings. The highest BCUT2D eigenvalue weighted by molar-refractivity contribution is 5.77. The Morgan fingerprint density at radius 3 is 2.00 bits per heavy atom. The van der Waals surface area contributed by atoms with Gasteiger partial charge in [0.05, 0.1) is 20.0 Å². The van der Waals surface area contributed by atoms with Gasteiger partial charge in [-0.15, -0.1) is 0 Å². The Hall–Kier alpha value is -1.10. The van der Waals surface area contributed by atoms with Gasteiger partial charge in [0.2, 0.25) is 0 Å². The summed E-state index contributed by atoms with van der Waals surface area (Å²) >= 11 is 0. The average molecular weight is 204 g/mol. The largest absolute Gasteiger partial charge is 0.469 e. The van der Waals surface area contributed by atoms with Gasteiger partial charge in [0.1, 0.15) is 5.60 Å². The summed E-state index contributed by atoms with van der Waals surface area (Å²) in [5.41, 5.74) is -0.541. The third-order valence-electron chi connectivity index (χ3n) is 1.15. The monoisotopic (exact) mass is 204 g/mol. The van der Waals surface area contributed by atoms with Crippen molar-refractivity contribution in [2.75, 3.05) is 7.11 Å². The van der Waals surface area contributed by atoms with Crippen LogP contribution in [0.5, 0.6) is 0 Å². The van der Waals surface area contributed by atoms with E-state index in [9.17, 15) is 9.59 Å². The van der Waals surface area contributed by atoms with Gasteiger partial charge in [-0.2, -0.15) is 4.89 Å². The van der Waals surface area contributed by atoms with Crippen molar-refractivity contribution in [3.8, 4) is 0 Å². The van der Waals surface area contributed by atoms with Gasteiger partial charge in [0.25, 0.3) is 0 Å². The van der Waals surface area contributed by atoms with Crippen molar-refractivity contribution < 1.29 is 24.1 Å². The Morgan fingerprint density at radius 2 is 1.57 bits per heavy atom. The summed E-state index contributed by atoms with van der Waals surface area (Å²) in [6.07, 6.45) is -0.0361. The molecule has 0 rings (SSSR count). The first-order valence-electron chi connectivity index (χ1n) is 4.30. The van der Waals surface area contributed by atoms with Gasteiger partial charge in [-0.05, 0) is 20.8 Å². The first kappa shape index (κ1) is 12.9. The third kappa shape index (κ3) is 7.54. The molecule has 0 amide bonds. The molecule has 0 saturated heterocycles. The Kier molecular flexibility index (Phi) is 5.15. The topological polar surface area (TPSA) is 61.8 Å². The molecule has 0 N–H and O–H groups in total. The maximum Gasteiger partial charge on any atom is 0.342 e. The van der Waals surface area contributed by atoms with Crippen molar-refractivity contribution in [3.63, 3.8) is 0 Å². The molecule has 82 valence electrons. The zero-order chi connectivity index (χ0) is 11.2. The molecule has 0 radical (unpaired) electrons. The molecule has 0 aromatic rings. The van der Waals surface area contributed by atoms with Crippen LogP contribution in [0.3, 0.4) is 0 Å². The van der Waals surface area contributed by atoms with E-state index in [4.69, 9.17) is 4.89 Å². The quantitative estimate of drug-likeness (QED) is 0.391. The third-order valence-corrected chi connectivity index (χ3v) is 1.15. The number of hydrogen-bond acceptors (Lipinski definition) is 5. The van der Waals surface area contributed by atoms with Gasteiger partial charge >= 0.3 is 11.9 Å². The summed E-state index contributed by atoms with van der Waals surface area (Å²) < 4.78 is 4.36. The predicted molar refractivity (Wildman–Crippen MR) is 48.2 cm³/mol. The summed E-state index contributed by atoms with van der Waals surface area (Å²) in [5.74, 6) is -1.02. The molecule has 0 aliphatic heterocycles. The molecular weight excluding hydrogens is 188 g/mol. The van der Waals surface area contributed by atoms with Crippen LogP contribution in [0.2, 0.25) is 0 Å². The van der Waals surface area contributed by atoms with E-state index >= 15 is 0 Å². The molecule has 5 nitrogen and oxygen atoms in total. The summed E-state index contributed by atoms with van der Waals surface area (Å²) in [5, 5.41) is 0. The maximum absolute atomic E-state index is 11.0. The molecule has 0 saturated carbocycles. The minimum atomic E-state index is -0.578. The standard InChI is InChI=1S/C9H16O5/c1-9(2,3)14-13-8(11)6-5-7(10)12-4/h5-6H2,1-4H3. The van der Waals surface area contributed by atoms with Gasteiger partial charge in [-0.25, -0.2) is 4.79 Å². The van der Waals surface area contributed by atoms with Crippen LogP contribution < -0.4 is 0 Å². The summed E-state index contributed by atoms with van der Waals surface area (Å²) in [4.78, 5) is 30.8. The lowest BCUT2D eigenvalue weighted by Crippen LogP contribution is -2.22. The lowest BCUT2D eigenvalue weighted by molar-refractivity contribution is -0.320. The first-order chi connectivity index (χ1) is 6.35. The number of carbonyl (C=O) groups is 2. The molecule has 0 heterocycles. The van der Waals surface area contributed by atoms with Gasteiger partial charge in [0.15, 0.2) is 0 Å². The van der Waals surface area contributed by atoms with Gasteiger partial charge in [-0.3, -0.25) is 9.68 Å². The zero-order valence-electron chi connectivity index (χ0n) is 8.96. The van der Waals surface area contributed by atoms with Gasteiger partial charge in [-0.1, -0.05) is 0 Å². The molecule has 0 aliphatic rings. The fourth-order valence-electron chi connectivity index (χ4n) is 0.519. The normalized spacial score (nSPS) is 10.9. The van der Waals surface area contributed by atoms with E-state index in [0.717, 1.165) is 0 Å². The summed E-state index contributed by atoms with van der Waals surface area (Å²) in [6, 6.07) is 0. The highest BCUT2D eigenvalue weighted by Crippen LogP contribution is 2.08. The van der Waals surface area contributed by atoms with E-state index in [1.807, 2.05) is 0 Å². The number of methoxy groups -OCH3 is 1. The predicted octanol–water partition coefficient (Wildman–Crippen LogP) is 1.21. The molecule has 0 aromatic carbocycles. The molecule has 0 bridgehead atoms. The van der Waals surface area contributed by atoms with Crippen molar-refractivity contribution in [3.05, 3.63) is 0 Å². The lowest BCUT2D eigenvalue weighted by Gasteiger charge is -2.16. The average Bonchev–Trinajstić information content (AvgIpc) is 2.09. The lowest BCUT2D eigenvalue weighted by atomic mass is 10.2. The summed E-state index contributed by atoms with van der Waals surface area (Å²) in [7, 11) is 1.26. The van der Waals surface area contributed by atoms with Crippen LogP contribution in [-0.2, 0) is 24.1 Å². The number of esters is 1. The molecule has 0 aliphatic carbocycles. The number of carbonyl (C=O) groups excluding carboxylic acids is 2. The second-order valence-electron chi connectivity index (χ2n) is 3.73. The van der Waals surface area contributed by atoms with Gasteiger partial charge in [0, 0.05) is 0 Å². The van der Waals surface area contributed by atoms with Crippen LogP contribution >= 0.6 is 0 Å². The van der Waals surface area contributed by atoms with Crippen LogP contribution in [0.25, 0.3) is 0 Å². The van der Waals surface area contributed by atoms with E-state index < -0.39 is 17.5 Å². The Bertz CT molecular complexity index is 204. The molecule has 14 heavy (non-hydrogen) atoms. The van der Waals surface area contributed by atoms with Crippen LogP contribution in [0.15, 0.2) is 0 Å². The van der Waals surface area contributed by atoms with E-state index in [1.165, 1.54) is 7.11 Å². The second-order valence-corrected chi connectivity index (χ2v) is 3.73.